The minimum absolute atomic E-state index is 0.00132. The van der Waals surface area contributed by atoms with Crippen LogP contribution in [0.15, 0.2) is 30.3 Å². The topological polar surface area (TPSA) is 257 Å². The number of alkyl carbamates (subject to hydrolysis) is 3. The summed E-state index contributed by atoms with van der Waals surface area (Å²) >= 11 is 0. The lowest BCUT2D eigenvalue weighted by Crippen LogP contribution is -2.56. The molecule has 0 saturated heterocycles. The number of ether oxygens (including phenoxy) is 3. The van der Waals surface area contributed by atoms with Crippen molar-refractivity contribution in [2.45, 2.75) is 143 Å². The Hall–Kier alpha value is -5.13. The van der Waals surface area contributed by atoms with Crippen LogP contribution in [0.2, 0.25) is 0 Å². The molecule has 1 aromatic carbocycles. The molecule has 0 fully saturated rings. The van der Waals surface area contributed by atoms with Gasteiger partial charge < -0.3 is 46.1 Å². The summed E-state index contributed by atoms with van der Waals surface area (Å²) in [4.78, 5) is 89.2. The predicted octanol–water partition coefficient (Wildman–Crippen LogP) is 3.18. The van der Waals surface area contributed by atoms with E-state index >= 15 is 0 Å². The van der Waals surface area contributed by atoms with Gasteiger partial charge in [0.05, 0.1) is 6.54 Å². The van der Waals surface area contributed by atoms with E-state index in [-0.39, 0.29) is 38.5 Å². The van der Waals surface area contributed by atoms with Crippen molar-refractivity contribution in [2.75, 3.05) is 19.6 Å². The maximum absolute atomic E-state index is 13.6. The van der Waals surface area contributed by atoms with Crippen molar-refractivity contribution in [3.8, 4) is 0 Å². The lowest BCUT2D eigenvalue weighted by Gasteiger charge is -2.24. The lowest BCUT2D eigenvalue weighted by molar-refractivity contribution is -0.133. The van der Waals surface area contributed by atoms with Gasteiger partial charge in [-0.15, -0.1) is 0 Å². The molecule has 1 rings (SSSR count). The maximum atomic E-state index is 13.6. The Balaban J connectivity index is 2.89. The number of hydrogen-bond acceptors (Lipinski definition) is 11. The van der Waals surface area contributed by atoms with Gasteiger partial charge in [0.1, 0.15) is 35.9 Å². The molecule has 3 atom stereocenters. The van der Waals surface area contributed by atoms with E-state index in [4.69, 9.17) is 20.1 Å². The van der Waals surface area contributed by atoms with Crippen LogP contribution in [-0.2, 0) is 40.0 Å². The molecular weight excluding hydrogens is 740 g/mol. The molecule has 0 heterocycles. The Morgan fingerprint density at radius 3 is 1.63 bits per heavy atom. The Kier molecular flexibility index (Phi) is 22.7. The van der Waals surface area contributed by atoms with Crippen LogP contribution in [0, 0.1) is 5.92 Å². The third kappa shape index (κ3) is 21.7. The monoisotopic (exact) mass is 806 g/mol. The fourth-order valence-electron chi connectivity index (χ4n) is 4.91. The molecule has 0 unspecified atom stereocenters. The van der Waals surface area contributed by atoms with Crippen LogP contribution in [0.5, 0.6) is 0 Å². The number of hydrogen-bond donors (Lipinski definition) is 8. The van der Waals surface area contributed by atoms with Crippen LogP contribution in [0.4, 0.5) is 14.4 Å². The molecule has 18 heteroatoms. The zero-order valence-electron chi connectivity index (χ0n) is 34.8. The Morgan fingerprint density at radius 1 is 0.649 bits per heavy atom. The molecule has 0 aromatic heterocycles. The number of nitrogens with two attached hydrogens (primary N) is 1. The van der Waals surface area contributed by atoms with Crippen LogP contribution in [-0.4, -0.2) is 90.9 Å². The van der Waals surface area contributed by atoms with Gasteiger partial charge in [-0.25, -0.2) is 20.2 Å². The van der Waals surface area contributed by atoms with E-state index in [1.807, 2.05) is 25.3 Å². The van der Waals surface area contributed by atoms with E-state index < -0.39 is 77.8 Å². The predicted molar refractivity (Wildman–Crippen MR) is 213 cm³/mol. The van der Waals surface area contributed by atoms with E-state index in [1.54, 1.807) is 65.8 Å². The number of benzene rings is 1. The van der Waals surface area contributed by atoms with Crippen LogP contribution < -0.4 is 43.2 Å². The minimum atomic E-state index is -1.14. The zero-order chi connectivity index (χ0) is 43.0. The number of amides is 7. The van der Waals surface area contributed by atoms with Gasteiger partial charge in [-0.2, -0.15) is 0 Å². The summed E-state index contributed by atoms with van der Waals surface area (Å²) in [7, 11) is 0. The average molecular weight is 807 g/mol. The molecule has 1 aromatic rings. The van der Waals surface area contributed by atoms with Gasteiger partial charge in [0.15, 0.2) is 0 Å². The number of rotatable bonds is 25. The molecule has 9 N–H and O–H groups in total. The number of unbranched alkanes of at least 4 members (excludes halogenated alkanes) is 2. The van der Waals surface area contributed by atoms with Crippen LogP contribution >= 0.6 is 0 Å². The smallest absolute Gasteiger partial charge is 0.408 e. The second-order valence-electron chi connectivity index (χ2n) is 15.2. The molecule has 18 nitrogen and oxygen atoms in total. The zero-order valence-corrected chi connectivity index (χ0v) is 34.8. The second-order valence-corrected chi connectivity index (χ2v) is 15.2. The summed E-state index contributed by atoms with van der Waals surface area (Å²) in [6.45, 7) is 14.4. The van der Waals surface area contributed by atoms with E-state index in [9.17, 15) is 33.6 Å². The highest BCUT2D eigenvalue weighted by Crippen LogP contribution is 2.14. The summed E-state index contributed by atoms with van der Waals surface area (Å²) in [5.41, 5.74) is 1.56. The highest BCUT2D eigenvalue weighted by Gasteiger charge is 2.29. The summed E-state index contributed by atoms with van der Waals surface area (Å²) in [5.74, 6) is 2.36. The number of nitrogens with one attached hydrogen (secondary N) is 7. The normalized spacial score (nSPS) is 12.9. The molecule has 0 aliphatic heterocycles. The van der Waals surface area contributed by atoms with Crippen molar-refractivity contribution >= 4 is 41.9 Å². The highest BCUT2D eigenvalue weighted by molar-refractivity contribution is 5.94. The van der Waals surface area contributed by atoms with Crippen molar-refractivity contribution in [3.05, 3.63) is 35.9 Å². The largest absolute Gasteiger partial charge is 0.445 e. The van der Waals surface area contributed by atoms with Crippen molar-refractivity contribution in [2.24, 2.45) is 11.8 Å². The molecule has 0 saturated carbocycles. The lowest BCUT2D eigenvalue weighted by atomic mass is 10.0. The number of carbonyl (C=O) groups excluding carboxylic acids is 7. The van der Waals surface area contributed by atoms with E-state index in [1.165, 1.54) is 0 Å². The number of carbonyl (C=O) groups is 7. The van der Waals surface area contributed by atoms with Crippen LogP contribution in [0.1, 0.15) is 112 Å². The third-order valence-corrected chi connectivity index (χ3v) is 9.10. The van der Waals surface area contributed by atoms with Gasteiger partial charge in [0.2, 0.25) is 17.7 Å². The Labute approximate surface area is 336 Å². The van der Waals surface area contributed by atoms with E-state index in [0.29, 0.717) is 38.5 Å². The Bertz CT molecular complexity index is 1440. The molecule has 0 aliphatic rings. The number of hydrazine groups is 1. The van der Waals surface area contributed by atoms with Crippen LogP contribution in [0.25, 0.3) is 0 Å². The standard InChI is InChI=1S/C39H66N8O10/c1-9-38(5,6)56-35(52)41-22-16-14-20-28(32(49)45-29(33(50)47-40)21-15-17-23-42-36(53)57-39(7,8)10-2)44-30(48)24-43-34(51)31(26(3)4)46-37(54)55-25-27-18-12-11-13-19-27/h11-13,18-19,26,28-29,31H,9-10,14-17,20-25,40H2,1-8H3,(H,41,52)(H,42,53)(H,43,51)(H,44,48)(H,45,49)(H,46,54)(H,47,50)/t28-,29-,31-/m0/s1. The molecule has 57 heavy (non-hydrogen) atoms. The van der Waals surface area contributed by atoms with E-state index in [2.05, 4.69) is 31.9 Å². The molecular formula is C39H66N8O10. The summed E-state index contributed by atoms with van der Waals surface area (Å²) in [5, 5.41) is 15.6. The first-order chi connectivity index (χ1) is 26.8. The third-order valence-electron chi connectivity index (χ3n) is 9.10. The molecule has 0 radical (unpaired) electrons. The van der Waals surface area contributed by atoms with E-state index in [0.717, 1.165) is 5.56 Å². The molecule has 0 spiro atoms. The van der Waals surface area contributed by atoms with Gasteiger partial charge in [-0.3, -0.25) is 24.6 Å². The first-order valence-corrected chi connectivity index (χ1v) is 19.6. The molecule has 7 amide bonds. The average Bonchev–Trinajstić information content (AvgIpc) is 3.16. The van der Waals surface area contributed by atoms with Gasteiger partial charge >= 0.3 is 18.3 Å². The maximum Gasteiger partial charge on any atom is 0.408 e. The van der Waals surface area contributed by atoms with Crippen molar-refractivity contribution < 1.29 is 47.8 Å². The van der Waals surface area contributed by atoms with Gasteiger partial charge in [0, 0.05) is 13.1 Å². The Morgan fingerprint density at radius 2 is 1.16 bits per heavy atom. The molecule has 322 valence electrons. The fourth-order valence-corrected chi connectivity index (χ4v) is 4.91. The SMILES string of the molecule is CCC(C)(C)OC(=O)NCCCC[C@H](NC(=O)CNC(=O)[C@@H](NC(=O)OCc1ccccc1)C(C)C)C(=O)N[C@@H](CCCCNC(=O)OC(C)(C)CC)C(=O)NN. The first-order valence-electron chi connectivity index (χ1n) is 19.6. The minimum Gasteiger partial charge on any atom is -0.445 e. The van der Waals surface area contributed by atoms with Crippen molar-refractivity contribution in [1.29, 1.82) is 0 Å². The summed E-state index contributed by atoms with van der Waals surface area (Å²) < 4.78 is 16.0. The summed E-state index contributed by atoms with van der Waals surface area (Å²) in [6.07, 6.45) is 1.28. The highest BCUT2D eigenvalue weighted by atomic mass is 16.6. The van der Waals surface area contributed by atoms with Crippen LogP contribution in [0.3, 0.4) is 0 Å². The molecule has 0 bridgehead atoms. The second kappa shape index (κ2) is 25.9. The van der Waals surface area contributed by atoms with Crippen molar-refractivity contribution in [3.63, 3.8) is 0 Å². The van der Waals surface area contributed by atoms with Gasteiger partial charge in [-0.05, 0) is 90.5 Å². The summed E-state index contributed by atoms with van der Waals surface area (Å²) in [6, 6.07) is 5.79. The van der Waals surface area contributed by atoms with Crippen molar-refractivity contribution in [1.82, 2.24) is 37.3 Å². The van der Waals surface area contributed by atoms with Gasteiger partial charge in [-0.1, -0.05) is 58.0 Å². The van der Waals surface area contributed by atoms with Gasteiger partial charge in [0.25, 0.3) is 5.91 Å². The molecule has 0 aliphatic carbocycles. The fraction of sp³-hybridized carbons (Fsp3) is 0.667. The quantitative estimate of drug-likeness (QED) is 0.0234. The first kappa shape index (κ1) is 49.9.